The van der Waals surface area contributed by atoms with E-state index in [1.165, 1.54) is 44.2 Å². The second kappa shape index (κ2) is 7.47. The lowest BCUT2D eigenvalue weighted by Crippen LogP contribution is -2.64. The summed E-state index contributed by atoms with van der Waals surface area (Å²) in [5.41, 5.74) is 1.84. The van der Waals surface area contributed by atoms with Gasteiger partial charge in [0.25, 0.3) is 0 Å². The van der Waals surface area contributed by atoms with Crippen LogP contribution in [0.2, 0.25) is 0 Å². The highest BCUT2D eigenvalue weighted by Crippen LogP contribution is 2.56. The van der Waals surface area contributed by atoms with Crippen LogP contribution in [0.4, 0.5) is 5.69 Å². The molecule has 1 aromatic heterocycles. The number of hydrogen-bond donors (Lipinski definition) is 0. The highest BCUT2D eigenvalue weighted by Gasteiger charge is 2.56. The predicted molar refractivity (Wildman–Crippen MR) is 102 cm³/mol. The zero-order valence-electron chi connectivity index (χ0n) is 16.2. The molecule has 1 heterocycles. The lowest BCUT2D eigenvalue weighted by molar-refractivity contribution is -0.776. The fourth-order valence-corrected chi connectivity index (χ4v) is 5.92. The summed E-state index contributed by atoms with van der Waals surface area (Å²) in [5, 5.41) is 0. The van der Waals surface area contributed by atoms with Gasteiger partial charge in [-0.2, -0.15) is 4.57 Å². The molecule has 4 aliphatic carbocycles. The number of pyridine rings is 1. The van der Waals surface area contributed by atoms with Crippen LogP contribution in [0.25, 0.3) is 0 Å². The van der Waals surface area contributed by atoms with Crippen LogP contribution in [0.15, 0.2) is 24.5 Å². The van der Waals surface area contributed by atoms with E-state index in [0.29, 0.717) is 11.8 Å². The third-order valence-corrected chi connectivity index (χ3v) is 6.49. The van der Waals surface area contributed by atoms with Crippen LogP contribution in [-0.2, 0) is 15.7 Å². The Bertz CT molecular complexity index is 668. The molecular formula is C20H32N2O3S. The minimum atomic E-state index is -3.92. The molecule has 146 valence electrons. The first-order chi connectivity index (χ1) is 12.2. The van der Waals surface area contributed by atoms with Gasteiger partial charge in [0, 0.05) is 56.4 Å². The van der Waals surface area contributed by atoms with Crippen molar-refractivity contribution in [3.8, 4) is 0 Å². The standard InChI is InChI=1S/C19H29N2.CH4O3S/c1-3-20(4-2)18-5-7-21(8-6-18)19-12-15-9-16(13-19)11-17(10-15)14-19;1-5(2,3)4/h5-8,15-17H,3-4,9-14H2,1-2H3;1H3,(H,2,3,4)/q+1;/p-1. The molecule has 0 N–H and O–H groups in total. The van der Waals surface area contributed by atoms with E-state index in [0.717, 1.165) is 30.8 Å². The third kappa shape index (κ3) is 4.39. The van der Waals surface area contributed by atoms with Gasteiger partial charge < -0.3 is 9.45 Å². The van der Waals surface area contributed by atoms with Crippen LogP contribution < -0.4 is 9.47 Å². The summed E-state index contributed by atoms with van der Waals surface area (Å²) in [6.45, 7) is 6.67. The van der Waals surface area contributed by atoms with Gasteiger partial charge >= 0.3 is 0 Å². The van der Waals surface area contributed by atoms with Crippen LogP contribution in [0.5, 0.6) is 0 Å². The molecule has 4 saturated carbocycles. The number of anilines is 1. The fraction of sp³-hybridized carbons (Fsp3) is 0.750. The molecular weight excluding hydrogens is 348 g/mol. The van der Waals surface area contributed by atoms with E-state index in [1.54, 1.807) is 0 Å². The molecule has 6 heteroatoms. The number of rotatable bonds is 4. The van der Waals surface area contributed by atoms with E-state index in [4.69, 9.17) is 13.0 Å². The summed E-state index contributed by atoms with van der Waals surface area (Å²) >= 11 is 0. The Labute approximate surface area is 158 Å². The molecule has 4 aliphatic rings. The second-order valence-electron chi connectivity index (χ2n) is 8.48. The SMILES string of the molecule is CCN(CC)c1cc[n+](C23CC4CC(CC(C4)C2)C3)cc1.CS(=O)(=O)[O-]. The molecule has 5 nitrogen and oxygen atoms in total. The van der Waals surface area contributed by atoms with Crippen molar-refractivity contribution in [3.05, 3.63) is 24.5 Å². The van der Waals surface area contributed by atoms with Gasteiger partial charge in [-0.1, -0.05) is 0 Å². The van der Waals surface area contributed by atoms with Gasteiger partial charge in [-0.3, -0.25) is 0 Å². The van der Waals surface area contributed by atoms with Crippen molar-refractivity contribution in [2.75, 3.05) is 24.2 Å². The van der Waals surface area contributed by atoms with Gasteiger partial charge in [0.2, 0.25) is 0 Å². The van der Waals surface area contributed by atoms with Crippen LogP contribution in [-0.4, -0.2) is 32.3 Å². The molecule has 4 bridgehead atoms. The van der Waals surface area contributed by atoms with Gasteiger partial charge in [-0.15, -0.1) is 0 Å². The Hall–Kier alpha value is -1.14. The van der Waals surface area contributed by atoms with Crippen LogP contribution in [0, 0.1) is 17.8 Å². The van der Waals surface area contributed by atoms with Crippen molar-refractivity contribution >= 4 is 15.8 Å². The smallest absolute Gasteiger partial charge is 0.171 e. The van der Waals surface area contributed by atoms with Crippen LogP contribution in [0.1, 0.15) is 52.4 Å². The number of aromatic nitrogens is 1. The molecule has 5 rings (SSSR count). The summed E-state index contributed by atoms with van der Waals surface area (Å²) in [7, 11) is -3.92. The molecule has 0 spiro atoms. The Balaban J connectivity index is 0.000000349. The maximum atomic E-state index is 9.08. The maximum Gasteiger partial charge on any atom is 0.171 e. The van der Waals surface area contributed by atoms with E-state index < -0.39 is 10.1 Å². The summed E-state index contributed by atoms with van der Waals surface area (Å²) in [4.78, 5) is 2.43. The summed E-state index contributed by atoms with van der Waals surface area (Å²) in [5.74, 6) is 3.06. The van der Waals surface area contributed by atoms with Gasteiger partial charge in [-0.05, 0) is 50.9 Å². The highest BCUT2D eigenvalue weighted by molar-refractivity contribution is 7.84. The minimum absolute atomic E-state index is 0.469. The lowest BCUT2D eigenvalue weighted by atomic mass is 9.53. The third-order valence-electron chi connectivity index (χ3n) is 6.49. The molecule has 0 aliphatic heterocycles. The minimum Gasteiger partial charge on any atom is -0.748 e. The normalized spacial score (nSPS) is 32.1. The molecule has 0 unspecified atom stereocenters. The zero-order chi connectivity index (χ0) is 18.9. The number of hydrogen-bond acceptors (Lipinski definition) is 4. The lowest BCUT2D eigenvalue weighted by Gasteiger charge is -2.53. The average molecular weight is 381 g/mol. The Kier molecular flexibility index (Phi) is 5.63. The van der Waals surface area contributed by atoms with Crippen LogP contribution in [0.3, 0.4) is 0 Å². The quantitative estimate of drug-likeness (QED) is 0.595. The van der Waals surface area contributed by atoms with E-state index >= 15 is 0 Å². The highest BCUT2D eigenvalue weighted by atomic mass is 32.2. The van der Waals surface area contributed by atoms with E-state index in [2.05, 4.69) is 47.8 Å². The topological polar surface area (TPSA) is 64.3 Å². The van der Waals surface area contributed by atoms with Crippen molar-refractivity contribution in [2.24, 2.45) is 17.8 Å². The summed E-state index contributed by atoms with van der Waals surface area (Å²) in [6.07, 6.45) is 14.2. The van der Waals surface area contributed by atoms with Crippen molar-refractivity contribution < 1.29 is 17.5 Å². The van der Waals surface area contributed by atoms with Gasteiger partial charge in [-0.25, -0.2) is 8.42 Å². The van der Waals surface area contributed by atoms with Crippen molar-refractivity contribution in [1.29, 1.82) is 0 Å². The van der Waals surface area contributed by atoms with E-state index in [1.807, 2.05) is 0 Å². The molecule has 0 aromatic carbocycles. The Morgan fingerprint density at radius 3 is 1.77 bits per heavy atom. The first kappa shape index (κ1) is 19.6. The molecule has 0 amide bonds. The van der Waals surface area contributed by atoms with E-state index in [9.17, 15) is 0 Å². The molecule has 0 saturated heterocycles. The average Bonchev–Trinajstić information content (AvgIpc) is 2.54. The monoisotopic (exact) mass is 380 g/mol. The maximum absolute atomic E-state index is 9.08. The van der Waals surface area contributed by atoms with Gasteiger partial charge in [0.15, 0.2) is 17.9 Å². The molecule has 1 aromatic rings. The van der Waals surface area contributed by atoms with E-state index in [-0.39, 0.29) is 0 Å². The van der Waals surface area contributed by atoms with Crippen molar-refractivity contribution in [3.63, 3.8) is 0 Å². The summed E-state index contributed by atoms with van der Waals surface area (Å²) < 4.78 is 29.8. The Morgan fingerprint density at radius 2 is 1.42 bits per heavy atom. The molecule has 0 radical (unpaired) electrons. The number of nitrogens with zero attached hydrogens (tertiary/aromatic N) is 2. The molecule has 4 fully saturated rings. The second-order valence-corrected chi connectivity index (χ2v) is 9.89. The van der Waals surface area contributed by atoms with Crippen molar-refractivity contribution in [2.45, 2.75) is 57.9 Å². The van der Waals surface area contributed by atoms with Gasteiger partial charge in [0.05, 0.1) is 10.1 Å². The van der Waals surface area contributed by atoms with Crippen molar-refractivity contribution in [1.82, 2.24) is 0 Å². The molecule has 26 heavy (non-hydrogen) atoms. The predicted octanol–water partition coefficient (Wildman–Crippen LogP) is 2.91. The first-order valence-corrected chi connectivity index (χ1v) is 11.7. The zero-order valence-corrected chi connectivity index (χ0v) is 17.0. The summed E-state index contributed by atoms with van der Waals surface area (Å²) in [6, 6.07) is 4.68. The largest absolute Gasteiger partial charge is 0.748 e. The molecule has 0 atom stereocenters. The van der Waals surface area contributed by atoms with Gasteiger partial charge in [0.1, 0.15) is 0 Å². The Morgan fingerprint density at radius 1 is 1.04 bits per heavy atom. The van der Waals surface area contributed by atoms with Crippen LogP contribution >= 0.6 is 0 Å². The fourth-order valence-electron chi connectivity index (χ4n) is 5.92. The first-order valence-electron chi connectivity index (χ1n) is 9.90.